The summed E-state index contributed by atoms with van der Waals surface area (Å²) in [7, 11) is 0. The van der Waals surface area contributed by atoms with Crippen LogP contribution in [0.25, 0.3) is 10.9 Å². The minimum absolute atomic E-state index is 0.299. The molecule has 4 heterocycles. The molecule has 0 spiro atoms. The molecule has 2 unspecified atom stereocenters. The average Bonchev–Trinajstić information content (AvgIpc) is 3.15. The van der Waals surface area contributed by atoms with E-state index in [2.05, 4.69) is 39.5 Å². The Morgan fingerprint density at radius 1 is 1.16 bits per heavy atom. The molecule has 0 saturated carbocycles. The van der Waals surface area contributed by atoms with Crippen LogP contribution in [0, 0.1) is 6.92 Å². The molecule has 4 heteroatoms. The lowest BCUT2D eigenvalue weighted by Crippen LogP contribution is -2.38. The van der Waals surface area contributed by atoms with Gasteiger partial charge in [-0.15, -0.1) is 0 Å². The van der Waals surface area contributed by atoms with Crippen molar-refractivity contribution in [3.63, 3.8) is 0 Å². The van der Waals surface area contributed by atoms with Crippen LogP contribution in [0.5, 0.6) is 0 Å². The van der Waals surface area contributed by atoms with Crippen LogP contribution in [0.1, 0.15) is 48.4 Å². The Morgan fingerprint density at radius 2 is 2.00 bits per heavy atom. The molecule has 1 amide bonds. The Bertz CT molecular complexity index is 831. The molecule has 2 atom stereocenters. The number of carbonyl (C=O) groups is 1. The molecule has 0 N–H and O–H groups in total. The van der Waals surface area contributed by atoms with Gasteiger partial charge < -0.3 is 9.47 Å². The van der Waals surface area contributed by atoms with E-state index in [-0.39, 0.29) is 0 Å². The smallest absolute Gasteiger partial charge is 0.242 e. The summed E-state index contributed by atoms with van der Waals surface area (Å²) in [5.74, 6) is 0.951. The Morgan fingerprint density at radius 3 is 2.84 bits per heavy atom. The first-order valence-electron chi connectivity index (χ1n) is 9.82. The van der Waals surface area contributed by atoms with Gasteiger partial charge in [0.2, 0.25) is 5.91 Å². The van der Waals surface area contributed by atoms with Crippen molar-refractivity contribution >= 4 is 16.8 Å². The van der Waals surface area contributed by atoms with Crippen LogP contribution in [-0.4, -0.2) is 46.5 Å². The number of amides is 1. The van der Waals surface area contributed by atoms with Crippen LogP contribution in [-0.2, 0) is 17.9 Å². The van der Waals surface area contributed by atoms with Gasteiger partial charge in [-0.2, -0.15) is 0 Å². The molecule has 2 fully saturated rings. The predicted octanol–water partition coefficient (Wildman–Crippen LogP) is 3.27. The highest BCUT2D eigenvalue weighted by atomic mass is 16.2. The van der Waals surface area contributed by atoms with Crippen molar-refractivity contribution in [2.75, 3.05) is 26.2 Å². The highest BCUT2D eigenvalue weighted by Crippen LogP contribution is 2.42. The third-order valence-corrected chi connectivity index (χ3v) is 6.43. The normalized spacial score (nSPS) is 25.4. The summed E-state index contributed by atoms with van der Waals surface area (Å²) >= 11 is 0. The minimum atomic E-state index is 0.299. The maximum atomic E-state index is 12.9. The number of carbonyl (C=O) groups excluding carboxylic acids is 1. The number of likely N-dealkylation sites (tertiary alicyclic amines) is 1. The quantitative estimate of drug-likeness (QED) is 0.841. The largest absolute Gasteiger partial charge is 0.341 e. The number of hydrogen-bond acceptors (Lipinski definition) is 2. The van der Waals surface area contributed by atoms with E-state index in [0.717, 1.165) is 32.5 Å². The van der Waals surface area contributed by atoms with Crippen molar-refractivity contribution < 1.29 is 4.79 Å². The van der Waals surface area contributed by atoms with Crippen LogP contribution in [0.2, 0.25) is 0 Å². The third-order valence-electron chi connectivity index (χ3n) is 6.43. The summed E-state index contributed by atoms with van der Waals surface area (Å²) in [6, 6.07) is 6.76. The van der Waals surface area contributed by atoms with Crippen LogP contribution in [0.3, 0.4) is 0 Å². The summed E-state index contributed by atoms with van der Waals surface area (Å²) in [6.45, 7) is 7.96. The van der Waals surface area contributed by atoms with Gasteiger partial charge in [-0.3, -0.25) is 9.69 Å². The van der Waals surface area contributed by atoms with Crippen molar-refractivity contribution in [2.45, 2.75) is 51.6 Å². The zero-order valence-corrected chi connectivity index (χ0v) is 15.1. The van der Waals surface area contributed by atoms with E-state index in [1.807, 2.05) is 0 Å². The fourth-order valence-corrected chi connectivity index (χ4v) is 5.16. The second-order valence-electron chi connectivity index (χ2n) is 8.13. The van der Waals surface area contributed by atoms with Gasteiger partial charge in [0, 0.05) is 48.7 Å². The highest BCUT2D eigenvalue weighted by molar-refractivity contribution is 5.89. The van der Waals surface area contributed by atoms with E-state index >= 15 is 0 Å². The standard InChI is InChI=1S/C21H27N3O/c1-15-5-6-18-17(11-15)21-16-7-10-22(12-16)13-19(21)24(18)14-20(25)23-8-3-2-4-9-23/h5-6,11,16H,2-4,7-10,12-14H2,1H3. The molecule has 5 rings (SSSR count). The molecule has 25 heavy (non-hydrogen) atoms. The van der Waals surface area contributed by atoms with E-state index in [1.54, 1.807) is 5.56 Å². The summed E-state index contributed by atoms with van der Waals surface area (Å²) < 4.78 is 2.34. The summed E-state index contributed by atoms with van der Waals surface area (Å²) in [4.78, 5) is 17.6. The number of fused-ring (bicyclic) bond motifs is 6. The van der Waals surface area contributed by atoms with Crippen molar-refractivity contribution in [3.05, 3.63) is 35.0 Å². The molecule has 2 aromatic rings. The predicted molar refractivity (Wildman–Crippen MR) is 99.7 cm³/mol. The lowest BCUT2D eigenvalue weighted by Gasteiger charge is -2.28. The maximum Gasteiger partial charge on any atom is 0.242 e. The first-order chi connectivity index (χ1) is 12.2. The van der Waals surface area contributed by atoms with Gasteiger partial charge in [0.1, 0.15) is 6.54 Å². The molecule has 3 aliphatic heterocycles. The lowest BCUT2D eigenvalue weighted by molar-refractivity contribution is -0.132. The van der Waals surface area contributed by atoms with Crippen molar-refractivity contribution in [2.24, 2.45) is 0 Å². The van der Waals surface area contributed by atoms with Crippen LogP contribution in [0.4, 0.5) is 0 Å². The molecule has 1 aromatic heterocycles. The van der Waals surface area contributed by atoms with Gasteiger partial charge >= 0.3 is 0 Å². The van der Waals surface area contributed by atoms with E-state index in [0.29, 0.717) is 18.4 Å². The zero-order valence-electron chi connectivity index (χ0n) is 15.1. The third kappa shape index (κ3) is 2.50. The molecule has 3 aliphatic rings. The van der Waals surface area contributed by atoms with Gasteiger partial charge in [0.05, 0.1) is 0 Å². The summed E-state index contributed by atoms with van der Waals surface area (Å²) in [6.07, 6.45) is 4.85. The Balaban J connectivity index is 1.58. The molecular formula is C21H27N3O. The number of piperidine rings is 1. The summed E-state index contributed by atoms with van der Waals surface area (Å²) in [5.41, 5.74) is 5.52. The first-order valence-corrected chi connectivity index (χ1v) is 9.82. The first kappa shape index (κ1) is 15.4. The Hall–Kier alpha value is -1.81. The van der Waals surface area contributed by atoms with Gasteiger partial charge in [-0.25, -0.2) is 0 Å². The monoisotopic (exact) mass is 337 g/mol. The molecule has 4 nitrogen and oxygen atoms in total. The molecule has 2 bridgehead atoms. The molecule has 1 aromatic carbocycles. The van der Waals surface area contributed by atoms with E-state index in [9.17, 15) is 4.79 Å². The van der Waals surface area contributed by atoms with Crippen LogP contribution >= 0.6 is 0 Å². The fraction of sp³-hybridized carbons (Fsp3) is 0.571. The second-order valence-corrected chi connectivity index (χ2v) is 8.13. The average molecular weight is 337 g/mol. The second kappa shape index (κ2) is 5.87. The van der Waals surface area contributed by atoms with Crippen molar-refractivity contribution in [1.29, 1.82) is 0 Å². The minimum Gasteiger partial charge on any atom is -0.341 e. The number of aryl methyl sites for hydroxylation is 1. The summed E-state index contributed by atoms with van der Waals surface area (Å²) in [5, 5.41) is 1.40. The maximum absolute atomic E-state index is 12.9. The number of benzene rings is 1. The number of rotatable bonds is 2. The van der Waals surface area contributed by atoms with E-state index in [4.69, 9.17) is 0 Å². The van der Waals surface area contributed by atoms with Gasteiger partial charge in [0.25, 0.3) is 0 Å². The SMILES string of the molecule is Cc1ccc2c(c1)c1c(n2CC(=O)N2CCCCC2)CN2CCC1C2. The van der Waals surface area contributed by atoms with Gasteiger partial charge in [0.15, 0.2) is 0 Å². The number of aromatic nitrogens is 1. The molecule has 0 aliphatic carbocycles. The number of hydrogen-bond donors (Lipinski definition) is 0. The Kier molecular flexibility index (Phi) is 3.63. The molecule has 2 saturated heterocycles. The van der Waals surface area contributed by atoms with Crippen molar-refractivity contribution in [3.8, 4) is 0 Å². The highest BCUT2D eigenvalue weighted by Gasteiger charge is 2.36. The van der Waals surface area contributed by atoms with Gasteiger partial charge in [-0.05, 0) is 56.8 Å². The topological polar surface area (TPSA) is 28.5 Å². The van der Waals surface area contributed by atoms with E-state index in [1.165, 1.54) is 48.1 Å². The fourth-order valence-electron chi connectivity index (χ4n) is 5.16. The lowest BCUT2D eigenvalue weighted by atomic mass is 9.93. The van der Waals surface area contributed by atoms with Crippen LogP contribution in [0.15, 0.2) is 18.2 Å². The Labute approximate surface area is 149 Å². The molecule has 0 radical (unpaired) electrons. The van der Waals surface area contributed by atoms with E-state index < -0.39 is 0 Å². The molecular weight excluding hydrogens is 310 g/mol. The molecule has 132 valence electrons. The number of nitrogens with zero attached hydrogens (tertiary/aromatic N) is 3. The van der Waals surface area contributed by atoms with Gasteiger partial charge in [-0.1, -0.05) is 11.6 Å². The van der Waals surface area contributed by atoms with Crippen LogP contribution < -0.4 is 0 Å². The van der Waals surface area contributed by atoms with Crippen molar-refractivity contribution in [1.82, 2.24) is 14.4 Å². The zero-order chi connectivity index (χ0) is 17.0.